The Bertz CT molecular complexity index is 145. The Morgan fingerprint density at radius 1 is 0.765 bits per heavy atom. The van der Waals surface area contributed by atoms with Crippen LogP contribution in [-0.2, 0) is 0 Å². The van der Waals surface area contributed by atoms with E-state index in [4.69, 9.17) is 10.0 Å². The van der Waals surface area contributed by atoms with E-state index in [1.807, 2.05) is 0 Å². The zero-order chi connectivity index (χ0) is 12.8. The summed E-state index contributed by atoms with van der Waals surface area (Å²) in [5, 5.41) is 17.4. The summed E-state index contributed by atoms with van der Waals surface area (Å²) in [6.45, 7) is 2.26. The van der Waals surface area contributed by atoms with Crippen LogP contribution < -0.4 is 0 Å². The second-order valence-electron chi connectivity index (χ2n) is 4.87. The average Bonchev–Trinajstić information content (AvgIpc) is 2.30. The first-order valence-corrected chi connectivity index (χ1v) is 8.75. The molecule has 0 radical (unpaired) electrons. The Labute approximate surface area is 110 Å². The van der Waals surface area contributed by atoms with Gasteiger partial charge in [-0.15, -0.1) is 8.58 Å². The lowest BCUT2D eigenvalue weighted by Crippen LogP contribution is -2.13. The molecule has 0 aliphatic carbocycles. The predicted molar refractivity (Wildman–Crippen MR) is 80.1 cm³/mol. The van der Waals surface area contributed by atoms with Crippen molar-refractivity contribution in [2.45, 2.75) is 71.1 Å². The van der Waals surface area contributed by atoms with E-state index >= 15 is 0 Å². The first-order chi connectivity index (χ1) is 8.27. The van der Waals surface area contributed by atoms with E-state index in [1.165, 1.54) is 70.4 Å². The molecule has 0 fully saturated rings. The van der Waals surface area contributed by atoms with Gasteiger partial charge < -0.3 is 10.0 Å². The number of hydrogen-bond donors (Lipinski definition) is 2. The summed E-state index contributed by atoms with van der Waals surface area (Å²) in [7, 11) is -0.362. The van der Waals surface area contributed by atoms with E-state index in [0.717, 1.165) is 8.58 Å². The van der Waals surface area contributed by atoms with Gasteiger partial charge in [-0.1, -0.05) is 64.7 Å². The van der Waals surface area contributed by atoms with Gasteiger partial charge in [0.05, 0.1) is 0 Å². The van der Waals surface area contributed by atoms with Crippen LogP contribution in [0.5, 0.6) is 0 Å². The van der Waals surface area contributed by atoms with E-state index in [9.17, 15) is 0 Å². The summed E-state index contributed by atoms with van der Waals surface area (Å²) < 4.78 is 0. The van der Waals surface area contributed by atoms with Crippen molar-refractivity contribution in [3.05, 3.63) is 0 Å². The first-order valence-electron chi connectivity index (χ1n) is 7.34. The maximum atomic E-state index is 8.68. The van der Waals surface area contributed by atoms with Crippen LogP contribution in [-0.4, -0.2) is 29.4 Å². The summed E-state index contributed by atoms with van der Waals surface area (Å²) in [5.74, 6) is 0. The lowest BCUT2D eigenvalue weighted by molar-refractivity contribution is 0.415. The highest BCUT2D eigenvalue weighted by atomic mass is 31.1. The molecule has 0 spiro atoms. The number of rotatable bonds is 13. The molecular formula is C13H30BO2P. The van der Waals surface area contributed by atoms with Gasteiger partial charge in [-0.05, 0) is 18.6 Å². The highest BCUT2D eigenvalue weighted by molar-refractivity contribution is 7.40. The molecule has 0 saturated heterocycles. The van der Waals surface area contributed by atoms with Crippen LogP contribution in [0.3, 0.4) is 0 Å². The van der Waals surface area contributed by atoms with Crippen molar-refractivity contribution in [1.29, 1.82) is 0 Å². The molecule has 0 aromatic heterocycles. The quantitative estimate of drug-likeness (QED) is 0.302. The minimum atomic E-state index is -1.09. The zero-order valence-corrected chi connectivity index (χ0v) is 12.5. The molecule has 17 heavy (non-hydrogen) atoms. The monoisotopic (exact) mass is 260 g/mol. The molecule has 102 valence electrons. The van der Waals surface area contributed by atoms with Crippen LogP contribution in [0, 0.1) is 0 Å². The summed E-state index contributed by atoms with van der Waals surface area (Å²) >= 11 is 0. The number of unbranched alkanes of at least 4 members (excludes halogenated alkanes) is 9. The third-order valence-corrected chi connectivity index (χ3v) is 4.39. The molecule has 0 aromatic rings. The van der Waals surface area contributed by atoms with Gasteiger partial charge in [0.15, 0.2) is 0 Å². The molecule has 0 amide bonds. The molecule has 0 aliphatic heterocycles. The van der Waals surface area contributed by atoms with Crippen LogP contribution in [0.4, 0.5) is 0 Å². The molecule has 0 saturated carbocycles. The van der Waals surface area contributed by atoms with Crippen molar-refractivity contribution in [3.63, 3.8) is 0 Å². The minimum absolute atomic E-state index is 0.567. The van der Waals surface area contributed by atoms with Gasteiger partial charge >= 0.3 is 7.12 Å². The lowest BCUT2D eigenvalue weighted by Gasteiger charge is -2.02. The molecule has 0 bridgehead atoms. The molecule has 1 atom stereocenters. The molecule has 2 nitrogen and oxygen atoms in total. The van der Waals surface area contributed by atoms with Crippen molar-refractivity contribution in [2.24, 2.45) is 0 Å². The van der Waals surface area contributed by atoms with Crippen molar-refractivity contribution >= 4 is 15.7 Å². The van der Waals surface area contributed by atoms with Crippen molar-refractivity contribution in [1.82, 2.24) is 0 Å². The first kappa shape index (κ1) is 17.4. The standard InChI is InChI=1S/C13H30BO2P/c1-2-3-4-5-6-7-8-9-10-11-12-17-13-14(15)16/h15-17H,2-13H2,1H3. The van der Waals surface area contributed by atoms with Crippen molar-refractivity contribution < 1.29 is 10.0 Å². The molecule has 0 aliphatic rings. The predicted octanol–water partition coefficient (Wildman–Crippen LogP) is 3.60. The Morgan fingerprint density at radius 3 is 1.71 bits per heavy atom. The van der Waals surface area contributed by atoms with E-state index in [1.54, 1.807) is 0 Å². The van der Waals surface area contributed by atoms with Gasteiger partial charge in [-0.3, -0.25) is 0 Å². The van der Waals surface area contributed by atoms with Crippen LogP contribution in [0.15, 0.2) is 0 Å². The maximum Gasteiger partial charge on any atom is 0.455 e. The number of hydrogen-bond acceptors (Lipinski definition) is 2. The lowest BCUT2D eigenvalue weighted by atomic mass is 9.98. The highest BCUT2D eigenvalue weighted by Crippen LogP contribution is 2.15. The summed E-state index contributed by atoms with van der Waals surface area (Å²) in [4.78, 5) is 0. The third-order valence-electron chi connectivity index (χ3n) is 3.03. The van der Waals surface area contributed by atoms with Crippen LogP contribution >= 0.6 is 8.58 Å². The van der Waals surface area contributed by atoms with E-state index in [0.29, 0.717) is 6.06 Å². The van der Waals surface area contributed by atoms with Crippen molar-refractivity contribution in [3.8, 4) is 0 Å². The van der Waals surface area contributed by atoms with Crippen LogP contribution in [0.2, 0.25) is 0 Å². The normalized spacial score (nSPS) is 11.5. The zero-order valence-electron chi connectivity index (χ0n) is 11.5. The summed E-state index contributed by atoms with van der Waals surface area (Å²) in [6, 6.07) is 0.567. The molecular weight excluding hydrogens is 230 g/mol. The van der Waals surface area contributed by atoms with Gasteiger partial charge in [-0.25, -0.2) is 0 Å². The Balaban J connectivity index is 2.89. The minimum Gasteiger partial charge on any atom is -0.427 e. The maximum absolute atomic E-state index is 8.68. The fraction of sp³-hybridized carbons (Fsp3) is 1.00. The van der Waals surface area contributed by atoms with Gasteiger partial charge in [0.25, 0.3) is 0 Å². The van der Waals surface area contributed by atoms with Gasteiger partial charge in [0, 0.05) is 0 Å². The van der Waals surface area contributed by atoms with E-state index in [2.05, 4.69) is 6.92 Å². The average molecular weight is 260 g/mol. The summed E-state index contributed by atoms with van der Waals surface area (Å²) in [5.41, 5.74) is 0. The topological polar surface area (TPSA) is 40.5 Å². The third kappa shape index (κ3) is 16.4. The molecule has 0 rings (SSSR count). The van der Waals surface area contributed by atoms with Gasteiger partial charge in [-0.2, -0.15) is 0 Å². The van der Waals surface area contributed by atoms with E-state index in [-0.39, 0.29) is 0 Å². The highest BCUT2D eigenvalue weighted by Gasteiger charge is 2.04. The molecule has 4 heteroatoms. The molecule has 1 unspecified atom stereocenters. The van der Waals surface area contributed by atoms with Gasteiger partial charge in [0.1, 0.15) is 0 Å². The van der Waals surface area contributed by atoms with Crippen molar-refractivity contribution in [2.75, 3.05) is 12.2 Å². The second kappa shape index (κ2) is 14.5. The smallest absolute Gasteiger partial charge is 0.427 e. The largest absolute Gasteiger partial charge is 0.455 e. The molecule has 0 aromatic carbocycles. The molecule has 2 N–H and O–H groups in total. The van der Waals surface area contributed by atoms with Crippen LogP contribution in [0.25, 0.3) is 0 Å². The van der Waals surface area contributed by atoms with Crippen LogP contribution in [0.1, 0.15) is 71.1 Å². The Hall–Kier alpha value is 0.415. The second-order valence-corrected chi connectivity index (χ2v) is 6.27. The SMILES string of the molecule is CCCCCCCCCCCCPCB(O)O. The summed E-state index contributed by atoms with van der Waals surface area (Å²) in [6.07, 6.45) is 14.9. The Morgan fingerprint density at radius 2 is 1.24 bits per heavy atom. The van der Waals surface area contributed by atoms with E-state index < -0.39 is 7.12 Å². The molecule has 0 heterocycles. The Kier molecular flexibility index (Phi) is 14.8. The fourth-order valence-electron chi connectivity index (χ4n) is 1.97. The fourth-order valence-corrected chi connectivity index (χ4v) is 2.93. The van der Waals surface area contributed by atoms with Gasteiger partial charge in [0.2, 0.25) is 0 Å².